The summed E-state index contributed by atoms with van der Waals surface area (Å²) in [4.78, 5) is 2.58. The van der Waals surface area contributed by atoms with Gasteiger partial charge in [-0.3, -0.25) is 0 Å². The molecule has 0 aromatic carbocycles. The van der Waals surface area contributed by atoms with E-state index in [0.29, 0.717) is 0 Å². The van der Waals surface area contributed by atoms with Crippen LogP contribution in [0, 0.1) is 0 Å². The Morgan fingerprint density at radius 3 is 2.60 bits per heavy atom. The summed E-state index contributed by atoms with van der Waals surface area (Å²) in [6.45, 7) is 13.2. The predicted molar refractivity (Wildman–Crippen MR) is 67.2 cm³/mol. The molecule has 0 radical (unpaired) electrons. The van der Waals surface area contributed by atoms with Crippen molar-refractivity contribution in [3.63, 3.8) is 0 Å². The van der Waals surface area contributed by atoms with Crippen molar-refractivity contribution in [2.75, 3.05) is 26.2 Å². The van der Waals surface area contributed by atoms with Gasteiger partial charge in [-0.25, -0.2) is 0 Å². The molecule has 1 heterocycles. The second kappa shape index (κ2) is 7.02. The van der Waals surface area contributed by atoms with Gasteiger partial charge in [0.2, 0.25) is 0 Å². The maximum absolute atomic E-state index is 3.93. The van der Waals surface area contributed by atoms with E-state index in [4.69, 9.17) is 0 Å². The molecule has 15 heavy (non-hydrogen) atoms. The topological polar surface area (TPSA) is 15.3 Å². The number of hydrogen-bond acceptors (Lipinski definition) is 2. The monoisotopic (exact) mass is 210 g/mol. The van der Waals surface area contributed by atoms with Crippen LogP contribution in [0.4, 0.5) is 0 Å². The van der Waals surface area contributed by atoms with Gasteiger partial charge < -0.3 is 10.2 Å². The summed E-state index contributed by atoms with van der Waals surface area (Å²) < 4.78 is 0. The zero-order valence-electron chi connectivity index (χ0n) is 10.4. The van der Waals surface area contributed by atoms with Gasteiger partial charge in [0, 0.05) is 6.04 Å². The third-order valence-corrected chi connectivity index (χ3v) is 3.11. The van der Waals surface area contributed by atoms with Gasteiger partial charge in [-0.05, 0) is 58.8 Å². The number of rotatable bonds is 6. The highest BCUT2D eigenvalue weighted by molar-refractivity contribution is 4.89. The number of likely N-dealkylation sites (tertiary alicyclic amines) is 1. The lowest BCUT2D eigenvalue weighted by Crippen LogP contribution is -2.42. The zero-order valence-corrected chi connectivity index (χ0v) is 10.4. The van der Waals surface area contributed by atoms with E-state index < -0.39 is 0 Å². The van der Waals surface area contributed by atoms with E-state index in [-0.39, 0.29) is 0 Å². The van der Waals surface area contributed by atoms with E-state index >= 15 is 0 Å². The van der Waals surface area contributed by atoms with E-state index in [9.17, 15) is 0 Å². The fraction of sp³-hybridized carbons (Fsp3) is 0.846. The molecule has 0 aromatic rings. The van der Waals surface area contributed by atoms with Crippen LogP contribution >= 0.6 is 0 Å². The van der Waals surface area contributed by atoms with Gasteiger partial charge in [0.15, 0.2) is 0 Å². The summed E-state index contributed by atoms with van der Waals surface area (Å²) in [7, 11) is 0. The fourth-order valence-corrected chi connectivity index (χ4v) is 2.17. The first-order valence-electron chi connectivity index (χ1n) is 6.32. The van der Waals surface area contributed by atoms with E-state index in [1.165, 1.54) is 44.5 Å². The highest BCUT2D eigenvalue weighted by Gasteiger charge is 2.17. The van der Waals surface area contributed by atoms with Gasteiger partial charge in [0.05, 0.1) is 0 Å². The predicted octanol–water partition coefficient (Wildman–Crippen LogP) is 2.42. The molecule has 2 nitrogen and oxygen atoms in total. The summed E-state index contributed by atoms with van der Waals surface area (Å²) in [6, 6.07) is 0.748. The first kappa shape index (κ1) is 12.7. The van der Waals surface area contributed by atoms with Crippen molar-refractivity contribution in [2.45, 2.75) is 45.6 Å². The Kier molecular flexibility index (Phi) is 5.96. The molecule has 0 spiro atoms. The molecular weight excluding hydrogens is 184 g/mol. The maximum atomic E-state index is 3.93. The van der Waals surface area contributed by atoms with E-state index in [2.05, 4.69) is 30.6 Å². The Balaban J connectivity index is 2.06. The highest BCUT2D eigenvalue weighted by atomic mass is 15.1. The minimum Gasteiger partial charge on any atom is -0.314 e. The number of nitrogens with zero attached hydrogens (tertiary/aromatic N) is 1. The number of hydrogen-bond donors (Lipinski definition) is 1. The molecule has 0 bridgehead atoms. The second-order valence-electron chi connectivity index (χ2n) is 4.78. The van der Waals surface area contributed by atoms with Crippen LogP contribution in [-0.2, 0) is 0 Å². The Morgan fingerprint density at radius 1 is 1.40 bits per heavy atom. The first-order valence-corrected chi connectivity index (χ1v) is 6.32. The average molecular weight is 210 g/mol. The molecule has 88 valence electrons. The second-order valence-corrected chi connectivity index (χ2v) is 4.78. The standard InChI is InChI=1S/C13H26N2/c1-4-9-15-10-6-13(7-11-15)14-8-5-12(2)3/h13-14H,2,4-11H2,1,3H3. The normalized spacial score (nSPS) is 19.3. The molecule has 0 unspecified atom stereocenters. The Hall–Kier alpha value is -0.340. The van der Waals surface area contributed by atoms with Crippen LogP contribution in [0.25, 0.3) is 0 Å². The fourth-order valence-electron chi connectivity index (χ4n) is 2.17. The van der Waals surface area contributed by atoms with E-state index in [1.807, 2.05) is 0 Å². The number of nitrogens with one attached hydrogen (secondary N) is 1. The van der Waals surface area contributed by atoms with Crippen molar-refractivity contribution in [2.24, 2.45) is 0 Å². The van der Waals surface area contributed by atoms with Crippen LogP contribution < -0.4 is 5.32 Å². The van der Waals surface area contributed by atoms with Crippen molar-refractivity contribution < 1.29 is 0 Å². The molecule has 1 aliphatic rings. The zero-order chi connectivity index (χ0) is 11.1. The molecule has 1 rings (SSSR count). The molecule has 1 aliphatic heterocycles. The summed E-state index contributed by atoms with van der Waals surface area (Å²) in [5.74, 6) is 0. The third kappa shape index (κ3) is 5.33. The largest absolute Gasteiger partial charge is 0.314 e. The van der Waals surface area contributed by atoms with E-state index in [0.717, 1.165) is 19.0 Å². The average Bonchev–Trinajstić information content (AvgIpc) is 2.20. The highest BCUT2D eigenvalue weighted by Crippen LogP contribution is 2.10. The molecule has 1 fully saturated rings. The maximum Gasteiger partial charge on any atom is 0.00915 e. The molecule has 2 heteroatoms. The van der Waals surface area contributed by atoms with Crippen LogP contribution in [0.15, 0.2) is 12.2 Å². The van der Waals surface area contributed by atoms with Crippen LogP contribution in [-0.4, -0.2) is 37.1 Å². The Labute approximate surface area is 94.7 Å². The van der Waals surface area contributed by atoms with Crippen molar-refractivity contribution in [1.82, 2.24) is 10.2 Å². The van der Waals surface area contributed by atoms with Crippen LogP contribution in [0.1, 0.15) is 39.5 Å². The van der Waals surface area contributed by atoms with Gasteiger partial charge in [-0.1, -0.05) is 12.5 Å². The lowest BCUT2D eigenvalue weighted by molar-refractivity contribution is 0.198. The smallest absolute Gasteiger partial charge is 0.00915 e. The van der Waals surface area contributed by atoms with Gasteiger partial charge in [0.1, 0.15) is 0 Å². The molecule has 1 saturated heterocycles. The molecule has 0 aliphatic carbocycles. The minimum atomic E-state index is 0.748. The quantitative estimate of drug-likeness (QED) is 0.677. The molecule has 0 amide bonds. The summed E-state index contributed by atoms with van der Waals surface area (Å²) >= 11 is 0. The van der Waals surface area contributed by atoms with Crippen molar-refractivity contribution >= 4 is 0 Å². The molecule has 1 N–H and O–H groups in total. The summed E-state index contributed by atoms with van der Waals surface area (Å²) in [6.07, 6.45) is 5.04. The molecule has 0 atom stereocenters. The van der Waals surface area contributed by atoms with Gasteiger partial charge >= 0.3 is 0 Å². The van der Waals surface area contributed by atoms with Crippen LogP contribution in [0.5, 0.6) is 0 Å². The van der Waals surface area contributed by atoms with E-state index in [1.54, 1.807) is 0 Å². The van der Waals surface area contributed by atoms with Crippen LogP contribution in [0.3, 0.4) is 0 Å². The van der Waals surface area contributed by atoms with Crippen molar-refractivity contribution in [3.8, 4) is 0 Å². The lowest BCUT2D eigenvalue weighted by Gasteiger charge is -2.32. The lowest BCUT2D eigenvalue weighted by atomic mass is 10.0. The number of piperidine rings is 1. The molecular formula is C13H26N2. The van der Waals surface area contributed by atoms with Gasteiger partial charge in [-0.15, -0.1) is 6.58 Å². The Bertz CT molecular complexity index is 181. The summed E-state index contributed by atoms with van der Waals surface area (Å²) in [5, 5.41) is 3.63. The van der Waals surface area contributed by atoms with Crippen LogP contribution in [0.2, 0.25) is 0 Å². The van der Waals surface area contributed by atoms with Gasteiger partial charge in [0.25, 0.3) is 0 Å². The van der Waals surface area contributed by atoms with Gasteiger partial charge in [-0.2, -0.15) is 0 Å². The first-order chi connectivity index (χ1) is 7.22. The molecule has 0 aromatic heterocycles. The minimum absolute atomic E-state index is 0.748. The SMILES string of the molecule is C=C(C)CCNC1CCN(CCC)CC1. The molecule has 0 saturated carbocycles. The summed E-state index contributed by atoms with van der Waals surface area (Å²) in [5.41, 5.74) is 1.28. The van der Waals surface area contributed by atoms with Crippen molar-refractivity contribution in [1.29, 1.82) is 0 Å². The third-order valence-electron chi connectivity index (χ3n) is 3.11. The van der Waals surface area contributed by atoms with Crippen molar-refractivity contribution in [3.05, 3.63) is 12.2 Å². The Morgan fingerprint density at radius 2 is 2.07 bits per heavy atom.